The molecule has 0 bridgehead atoms. The number of hydrogen-bond donors (Lipinski definition) is 2. The summed E-state index contributed by atoms with van der Waals surface area (Å²) in [4.78, 5) is 30.5. The third-order valence-electron chi connectivity index (χ3n) is 2.36. The quantitative estimate of drug-likeness (QED) is 0.899. The van der Waals surface area contributed by atoms with Crippen LogP contribution < -0.4 is 5.32 Å². The number of aromatic carboxylic acids is 1. The smallest absolute Gasteiger partial charge is 0.413 e. The van der Waals surface area contributed by atoms with E-state index in [0.717, 1.165) is 0 Å². The third kappa shape index (κ3) is 4.26. The summed E-state index contributed by atoms with van der Waals surface area (Å²) in [7, 11) is 0. The van der Waals surface area contributed by atoms with E-state index in [4.69, 9.17) is 9.84 Å². The number of nitrogens with zero attached hydrogens (tertiary/aromatic N) is 2. The molecule has 8 heteroatoms. The first-order valence-electron chi connectivity index (χ1n) is 6.40. The van der Waals surface area contributed by atoms with Gasteiger partial charge in [-0.3, -0.25) is 5.32 Å². The van der Waals surface area contributed by atoms with E-state index in [-0.39, 0.29) is 5.69 Å². The lowest BCUT2D eigenvalue weighted by molar-refractivity contribution is 0.0633. The molecule has 0 fully saturated rings. The Morgan fingerprint density at radius 3 is 2.55 bits per heavy atom. The van der Waals surface area contributed by atoms with Crippen LogP contribution in [-0.2, 0) is 4.74 Å². The Balaban J connectivity index is 2.06. The first-order valence-corrected chi connectivity index (χ1v) is 7.28. The summed E-state index contributed by atoms with van der Waals surface area (Å²) in [6.07, 6.45) is 0.923. The maximum Gasteiger partial charge on any atom is 0.413 e. The zero-order chi connectivity index (χ0) is 16.3. The molecule has 0 radical (unpaired) electrons. The predicted molar refractivity (Wildman–Crippen MR) is 82.2 cm³/mol. The van der Waals surface area contributed by atoms with E-state index < -0.39 is 17.7 Å². The maximum absolute atomic E-state index is 11.6. The van der Waals surface area contributed by atoms with Crippen molar-refractivity contribution in [3.63, 3.8) is 0 Å². The van der Waals surface area contributed by atoms with Crippen LogP contribution in [0.15, 0.2) is 23.7 Å². The van der Waals surface area contributed by atoms with Gasteiger partial charge in [0.05, 0.1) is 0 Å². The van der Waals surface area contributed by atoms with Gasteiger partial charge in [-0.1, -0.05) is 0 Å². The molecular weight excluding hydrogens is 306 g/mol. The highest BCUT2D eigenvalue weighted by molar-refractivity contribution is 7.13. The summed E-state index contributed by atoms with van der Waals surface area (Å²) < 4.78 is 5.12. The molecule has 2 heterocycles. The molecule has 0 atom stereocenters. The number of nitrogens with one attached hydrogen (secondary N) is 1. The van der Waals surface area contributed by atoms with Crippen LogP contribution in [-0.4, -0.2) is 32.7 Å². The number of thiazole rings is 1. The van der Waals surface area contributed by atoms with Crippen molar-refractivity contribution in [3.05, 3.63) is 29.4 Å². The van der Waals surface area contributed by atoms with Gasteiger partial charge in [0.1, 0.15) is 16.4 Å². The molecule has 0 aliphatic carbocycles. The molecular formula is C14H15N3O4S. The number of carboxylic acids is 1. The molecule has 7 nitrogen and oxygen atoms in total. The third-order valence-corrected chi connectivity index (χ3v) is 3.25. The van der Waals surface area contributed by atoms with Crippen LogP contribution in [0, 0.1) is 0 Å². The molecule has 116 valence electrons. The standard InChI is InChI=1S/C14H15N3O4S/c1-14(2,3)21-13(20)17-10-5-4-8(6-15-10)11-16-9(7-22-11)12(18)19/h4-7H,1-3H3,(H,18,19)(H,15,17,20). The van der Waals surface area contributed by atoms with E-state index in [1.165, 1.54) is 22.9 Å². The van der Waals surface area contributed by atoms with E-state index in [9.17, 15) is 9.59 Å². The fraction of sp³-hybridized carbons (Fsp3) is 0.286. The summed E-state index contributed by atoms with van der Waals surface area (Å²) in [6, 6.07) is 3.30. The number of carboxylic acid groups (broad SMARTS) is 1. The predicted octanol–water partition coefficient (Wildman–Crippen LogP) is 3.25. The molecule has 0 aliphatic heterocycles. The summed E-state index contributed by atoms with van der Waals surface area (Å²) in [5.41, 5.74) is 0.0845. The lowest BCUT2D eigenvalue weighted by Crippen LogP contribution is -2.27. The van der Waals surface area contributed by atoms with Gasteiger partial charge < -0.3 is 9.84 Å². The minimum atomic E-state index is -1.07. The summed E-state index contributed by atoms with van der Waals surface area (Å²) in [5, 5.41) is 13.4. The molecule has 0 spiro atoms. The minimum Gasteiger partial charge on any atom is -0.476 e. The number of ether oxygens (including phenoxy) is 1. The zero-order valence-electron chi connectivity index (χ0n) is 12.3. The topological polar surface area (TPSA) is 101 Å². The van der Waals surface area contributed by atoms with Gasteiger partial charge in [0.15, 0.2) is 5.69 Å². The molecule has 0 unspecified atom stereocenters. The highest BCUT2D eigenvalue weighted by Gasteiger charge is 2.16. The molecule has 1 amide bonds. The van der Waals surface area contributed by atoms with Crippen molar-refractivity contribution in [2.24, 2.45) is 0 Å². The maximum atomic E-state index is 11.6. The highest BCUT2D eigenvalue weighted by Crippen LogP contribution is 2.24. The number of amides is 1. The van der Waals surface area contributed by atoms with Gasteiger partial charge >= 0.3 is 12.1 Å². The van der Waals surface area contributed by atoms with Gasteiger partial charge in [-0.2, -0.15) is 0 Å². The van der Waals surface area contributed by atoms with Gasteiger partial charge in [-0.25, -0.2) is 19.6 Å². The van der Waals surface area contributed by atoms with Crippen molar-refractivity contribution in [2.75, 3.05) is 5.32 Å². The lowest BCUT2D eigenvalue weighted by atomic mass is 10.2. The second-order valence-corrected chi connectivity index (χ2v) is 6.26. The van der Waals surface area contributed by atoms with Gasteiger partial charge in [0, 0.05) is 17.1 Å². The Morgan fingerprint density at radius 1 is 1.32 bits per heavy atom. The summed E-state index contributed by atoms with van der Waals surface area (Å²) >= 11 is 1.21. The number of carbonyl (C=O) groups excluding carboxylic acids is 1. The first kappa shape index (κ1) is 15.9. The van der Waals surface area contributed by atoms with Crippen LogP contribution in [0.3, 0.4) is 0 Å². The van der Waals surface area contributed by atoms with E-state index in [1.807, 2.05) is 0 Å². The molecule has 0 aliphatic rings. The van der Waals surface area contributed by atoms with Crippen molar-refractivity contribution in [2.45, 2.75) is 26.4 Å². The van der Waals surface area contributed by atoms with Gasteiger partial charge in [0.2, 0.25) is 0 Å². The van der Waals surface area contributed by atoms with E-state index >= 15 is 0 Å². The largest absolute Gasteiger partial charge is 0.476 e. The number of hydrogen-bond acceptors (Lipinski definition) is 6. The fourth-order valence-corrected chi connectivity index (χ4v) is 2.29. The van der Waals surface area contributed by atoms with Gasteiger partial charge in [0.25, 0.3) is 0 Å². The van der Waals surface area contributed by atoms with Crippen LogP contribution in [0.2, 0.25) is 0 Å². The zero-order valence-corrected chi connectivity index (χ0v) is 13.1. The molecule has 2 aromatic heterocycles. The number of pyridine rings is 1. The average Bonchev–Trinajstić information content (AvgIpc) is 2.87. The minimum absolute atomic E-state index is 0.00374. The average molecular weight is 321 g/mol. The summed E-state index contributed by atoms with van der Waals surface area (Å²) in [5.74, 6) is -0.730. The van der Waals surface area contributed by atoms with Crippen LogP contribution >= 0.6 is 11.3 Å². The van der Waals surface area contributed by atoms with Crippen molar-refractivity contribution in [1.82, 2.24) is 9.97 Å². The van der Waals surface area contributed by atoms with Crippen molar-refractivity contribution in [3.8, 4) is 10.6 Å². The van der Waals surface area contributed by atoms with Crippen molar-refractivity contribution >= 4 is 29.2 Å². The Morgan fingerprint density at radius 2 is 2.05 bits per heavy atom. The molecule has 0 saturated carbocycles. The summed E-state index contributed by atoms with van der Waals surface area (Å²) in [6.45, 7) is 5.31. The van der Waals surface area contributed by atoms with E-state index in [2.05, 4.69) is 15.3 Å². The van der Waals surface area contributed by atoms with Crippen LogP contribution in [0.1, 0.15) is 31.3 Å². The number of rotatable bonds is 3. The van der Waals surface area contributed by atoms with Crippen molar-refractivity contribution in [1.29, 1.82) is 0 Å². The number of anilines is 1. The Labute approximate surface area is 131 Å². The SMILES string of the molecule is CC(C)(C)OC(=O)Nc1ccc(-c2nc(C(=O)O)cs2)cn1. The van der Waals surface area contributed by atoms with Crippen LogP contribution in [0.5, 0.6) is 0 Å². The Bertz CT molecular complexity index is 689. The molecule has 0 saturated heterocycles. The molecule has 22 heavy (non-hydrogen) atoms. The van der Waals surface area contributed by atoms with Gasteiger partial charge in [-0.15, -0.1) is 11.3 Å². The molecule has 2 rings (SSSR count). The van der Waals surface area contributed by atoms with E-state index in [1.54, 1.807) is 32.9 Å². The second kappa shape index (κ2) is 6.10. The van der Waals surface area contributed by atoms with Crippen LogP contribution in [0.4, 0.5) is 10.6 Å². The Kier molecular flexibility index (Phi) is 4.41. The number of carbonyl (C=O) groups is 2. The lowest BCUT2D eigenvalue weighted by Gasteiger charge is -2.19. The van der Waals surface area contributed by atoms with Crippen molar-refractivity contribution < 1.29 is 19.4 Å². The second-order valence-electron chi connectivity index (χ2n) is 5.40. The van der Waals surface area contributed by atoms with E-state index in [0.29, 0.717) is 16.4 Å². The normalized spacial score (nSPS) is 11.0. The fourth-order valence-electron chi connectivity index (χ4n) is 1.51. The molecule has 2 N–H and O–H groups in total. The highest BCUT2D eigenvalue weighted by atomic mass is 32.1. The van der Waals surface area contributed by atoms with Crippen LogP contribution in [0.25, 0.3) is 10.6 Å². The number of aromatic nitrogens is 2. The first-order chi connectivity index (χ1) is 10.2. The molecule has 0 aromatic carbocycles. The Hall–Kier alpha value is -2.48. The van der Waals surface area contributed by atoms with Gasteiger partial charge in [-0.05, 0) is 32.9 Å². The molecule has 2 aromatic rings. The monoisotopic (exact) mass is 321 g/mol.